The van der Waals surface area contributed by atoms with E-state index in [1.54, 1.807) is 6.92 Å². The molecule has 13 heavy (non-hydrogen) atoms. The smallest absolute Gasteiger partial charge is 0.230 e. The summed E-state index contributed by atoms with van der Waals surface area (Å²) in [6.45, 7) is 2.60. The fraction of sp³-hybridized carbons (Fsp3) is 0.714. The zero-order valence-corrected chi connectivity index (χ0v) is 8.17. The van der Waals surface area contributed by atoms with Crippen LogP contribution in [0.5, 0.6) is 0 Å². The number of carbonyl (C=O) groups is 1. The quantitative estimate of drug-likeness (QED) is 0.532. The summed E-state index contributed by atoms with van der Waals surface area (Å²) in [6.07, 6.45) is -0.423. The Balaban J connectivity index is 2.41. The van der Waals surface area contributed by atoms with Crippen molar-refractivity contribution in [1.29, 1.82) is 0 Å². The van der Waals surface area contributed by atoms with Crippen molar-refractivity contribution < 1.29 is 9.90 Å². The molecular weight excluding hydrogens is 190 g/mol. The van der Waals surface area contributed by atoms with E-state index >= 15 is 0 Å². The van der Waals surface area contributed by atoms with E-state index in [0.29, 0.717) is 18.3 Å². The fourth-order valence-electron chi connectivity index (χ4n) is 0.818. The van der Waals surface area contributed by atoms with E-state index < -0.39 is 6.10 Å². The molecule has 0 fully saturated rings. The van der Waals surface area contributed by atoms with Crippen LogP contribution in [0.2, 0.25) is 0 Å². The Kier molecular flexibility index (Phi) is 3.56. The molecule has 0 aromatic rings. The Morgan fingerprint density at radius 3 is 3.08 bits per heavy atom. The molecule has 74 valence electrons. The number of hydrogen-bond donors (Lipinski definition) is 3. The van der Waals surface area contributed by atoms with Gasteiger partial charge in [-0.05, 0) is 6.92 Å². The third kappa shape index (κ3) is 3.23. The standard InChI is InChI=1S/C7H13N3O2S/c1-4(6(8)12)13-7-9-2-5(11)3-10-7/h4-5,11H,2-3H2,1H3,(H2,8,12)(H,9,10). The van der Waals surface area contributed by atoms with E-state index in [1.807, 2.05) is 0 Å². The number of nitrogens with one attached hydrogen (secondary N) is 1. The van der Waals surface area contributed by atoms with E-state index in [9.17, 15) is 4.79 Å². The van der Waals surface area contributed by atoms with Crippen molar-refractivity contribution in [3.8, 4) is 0 Å². The second-order valence-corrected chi connectivity index (χ2v) is 4.17. The Bertz CT molecular complexity index is 232. The summed E-state index contributed by atoms with van der Waals surface area (Å²) in [5, 5.41) is 12.4. The Morgan fingerprint density at radius 1 is 1.92 bits per heavy atom. The number of β-amino-alcohol motifs (C(OH)–C–C–N with tert-alkyl or cyclic N) is 1. The summed E-state index contributed by atoms with van der Waals surface area (Å²) in [7, 11) is 0. The highest BCUT2D eigenvalue weighted by molar-refractivity contribution is 8.14. The van der Waals surface area contributed by atoms with Gasteiger partial charge in [-0.25, -0.2) is 0 Å². The molecule has 2 unspecified atom stereocenters. The molecule has 1 amide bonds. The molecule has 0 aromatic heterocycles. The van der Waals surface area contributed by atoms with Gasteiger partial charge < -0.3 is 16.2 Å². The molecule has 1 aliphatic rings. The van der Waals surface area contributed by atoms with Crippen molar-refractivity contribution in [3.63, 3.8) is 0 Å². The molecule has 6 heteroatoms. The van der Waals surface area contributed by atoms with Crippen LogP contribution in [0.4, 0.5) is 0 Å². The van der Waals surface area contributed by atoms with E-state index in [1.165, 1.54) is 11.8 Å². The average molecular weight is 203 g/mol. The number of carbonyl (C=O) groups excluding carboxylic acids is 1. The van der Waals surface area contributed by atoms with Gasteiger partial charge in [-0.2, -0.15) is 0 Å². The predicted molar refractivity (Wildman–Crippen MR) is 52.6 cm³/mol. The maximum absolute atomic E-state index is 10.7. The number of rotatable bonds is 2. The van der Waals surface area contributed by atoms with Crippen molar-refractivity contribution in [3.05, 3.63) is 0 Å². The molecule has 0 spiro atoms. The molecule has 0 radical (unpaired) electrons. The number of aliphatic hydroxyl groups is 1. The monoisotopic (exact) mass is 203 g/mol. The summed E-state index contributed by atoms with van der Waals surface area (Å²) in [5.74, 6) is -0.361. The fourth-order valence-corrected chi connectivity index (χ4v) is 1.59. The van der Waals surface area contributed by atoms with Gasteiger partial charge in [0.15, 0.2) is 5.17 Å². The Hall–Kier alpha value is -0.750. The first-order valence-corrected chi connectivity index (χ1v) is 4.90. The van der Waals surface area contributed by atoms with E-state index in [0.717, 1.165) is 0 Å². The van der Waals surface area contributed by atoms with Crippen LogP contribution < -0.4 is 11.1 Å². The van der Waals surface area contributed by atoms with Crippen molar-refractivity contribution in [2.75, 3.05) is 13.1 Å². The highest BCUT2D eigenvalue weighted by atomic mass is 32.2. The summed E-state index contributed by atoms with van der Waals surface area (Å²) in [4.78, 5) is 14.8. The summed E-state index contributed by atoms with van der Waals surface area (Å²) >= 11 is 1.28. The average Bonchev–Trinajstić information content (AvgIpc) is 2.08. The highest BCUT2D eigenvalue weighted by Gasteiger charge is 2.17. The highest BCUT2D eigenvalue weighted by Crippen LogP contribution is 2.12. The minimum absolute atomic E-state index is 0.290. The normalized spacial score (nSPS) is 24.5. The van der Waals surface area contributed by atoms with Crippen LogP contribution in [0.15, 0.2) is 4.99 Å². The number of amides is 1. The first-order chi connectivity index (χ1) is 6.09. The van der Waals surface area contributed by atoms with Crippen LogP contribution in [0.1, 0.15) is 6.92 Å². The van der Waals surface area contributed by atoms with Crippen LogP contribution in [-0.4, -0.2) is 40.6 Å². The van der Waals surface area contributed by atoms with Crippen molar-refractivity contribution in [1.82, 2.24) is 5.32 Å². The molecule has 0 bridgehead atoms. The molecule has 1 rings (SSSR count). The number of amidine groups is 1. The van der Waals surface area contributed by atoms with Crippen LogP contribution in [0.25, 0.3) is 0 Å². The Labute approximate surface area is 80.8 Å². The third-order valence-electron chi connectivity index (χ3n) is 1.62. The van der Waals surface area contributed by atoms with Gasteiger partial charge in [-0.15, -0.1) is 0 Å². The van der Waals surface area contributed by atoms with Gasteiger partial charge in [0.2, 0.25) is 5.91 Å². The van der Waals surface area contributed by atoms with Gasteiger partial charge >= 0.3 is 0 Å². The first kappa shape index (κ1) is 10.3. The number of aliphatic hydroxyl groups excluding tert-OH is 1. The van der Waals surface area contributed by atoms with Crippen molar-refractivity contribution >= 4 is 22.8 Å². The lowest BCUT2D eigenvalue weighted by molar-refractivity contribution is -0.117. The lowest BCUT2D eigenvalue weighted by Gasteiger charge is -2.19. The SMILES string of the molecule is CC(SC1=NCC(O)CN1)C(N)=O. The lowest BCUT2D eigenvalue weighted by atomic mass is 10.3. The number of nitrogens with zero attached hydrogens (tertiary/aromatic N) is 1. The zero-order valence-electron chi connectivity index (χ0n) is 7.36. The van der Waals surface area contributed by atoms with Crippen LogP contribution >= 0.6 is 11.8 Å². The van der Waals surface area contributed by atoms with Crippen LogP contribution in [0, 0.1) is 0 Å². The second-order valence-electron chi connectivity index (χ2n) is 2.84. The van der Waals surface area contributed by atoms with Gasteiger partial charge in [0, 0.05) is 6.54 Å². The molecule has 4 N–H and O–H groups in total. The summed E-state index contributed by atoms with van der Waals surface area (Å²) < 4.78 is 0. The molecule has 0 saturated carbocycles. The molecule has 1 heterocycles. The van der Waals surface area contributed by atoms with Crippen molar-refractivity contribution in [2.24, 2.45) is 10.7 Å². The third-order valence-corrected chi connectivity index (χ3v) is 2.71. The number of hydrogen-bond acceptors (Lipinski definition) is 5. The van der Waals surface area contributed by atoms with Crippen molar-refractivity contribution in [2.45, 2.75) is 18.3 Å². The first-order valence-electron chi connectivity index (χ1n) is 4.02. The molecule has 0 aliphatic carbocycles. The van der Waals surface area contributed by atoms with E-state index in [4.69, 9.17) is 10.8 Å². The number of thioether (sulfide) groups is 1. The van der Waals surface area contributed by atoms with E-state index in [2.05, 4.69) is 10.3 Å². The Morgan fingerprint density at radius 2 is 2.62 bits per heavy atom. The maximum atomic E-state index is 10.7. The molecule has 0 saturated heterocycles. The van der Waals surface area contributed by atoms with Gasteiger partial charge in [-0.1, -0.05) is 11.8 Å². The topological polar surface area (TPSA) is 87.7 Å². The van der Waals surface area contributed by atoms with Gasteiger partial charge in [0.25, 0.3) is 0 Å². The van der Waals surface area contributed by atoms with Crippen LogP contribution in [0.3, 0.4) is 0 Å². The van der Waals surface area contributed by atoms with Gasteiger partial charge in [-0.3, -0.25) is 9.79 Å². The number of nitrogens with two attached hydrogens (primary N) is 1. The molecular formula is C7H13N3O2S. The summed E-state index contributed by atoms with van der Waals surface area (Å²) in [6, 6.07) is 0. The number of aliphatic imine (C=N–C) groups is 1. The van der Waals surface area contributed by atoms with Gasteiger partial charge in [0.05, 0.1) is 17.9 Å². The largest absolute Gasteiger partial charge is 0.389 e. The van der Waals surface area contributed by atoms with E-state index in [-0.39, 0.29) is 11.2 Å². The van der Waals surface area contributed by atoms with Gasteiger partial charge in [0.1, 0.15) is 0 Å². The molecule has 2 atom stereocenters. The molecule has 1 aliphatic heterocycles. The lowest BCUT2D eigenvalue weighted by Crippen LogP contribution is -2.39. The predicted octanol–water partition coefficient (Wildman–Crippen LogP) is -1.09. The molecule has 0 aromatic carbocycles. The maximum Gasteiger partial charge on any atom is 0.230 e. The molecule has 5 nitrogen and oxygen atoms in total. The minimum Gasteiger partial charge on any atom is -0.389 e. The van der Waals surface area contributed by atoms with Crippen LogP contribution in [-0.2, 0) is 4.79 Å². The second kappa shape index (κ2) is 4.48. The zero-order chi connectivity index (χ0) is 9.84. The summed E-state index contributed by atoms with van der Waals surface area (Å²) in [5.41, 5.74) is 5.09. The number of primary amides is 1. The minimum atomic E-state index is -0.423.